The fraction of sp³-hybridized carbons (Fsp3) is 0.600. The van der Waals surface area contributed by atoms with E-state index >= 15 is 0 Å². The van der Waals surface area contributed by atoms with Crippen LogP contribution in [-0.4, -0.2) is 19.2 Å². The predicted molar refractivity (Wildman–Crippen MR) is 71.1 cm³/mol. The van der Waals surface area contributed by atoms with Crippen LogP contribution in [0.5, 0.6) is 0 Å². The van der Waals surface area contributed by atoms with Crippen LogP contribution in [0.3, 0.4) is 0 Å². The molecule has 0 aliphatic heterocycles. The summed E-state index contributed by atoms with van der Waals surface area (Å²) in [6.45, 7) is 3.89. The largest absolute Gasteiger partial charge is 0.373 e. The molecule has 1 atom stereocenters. The van der Waals surface area contributed by atoms with E-state index in [1.807, 2.05) is 6.07 Å². The van der Waals surface area contributed by atoms with Gasteiger partial charge in [-0.05, 0) is 25.3 Å². The van der Waals surface area contributed by atoms with Crippen molar-refractivity contribution in [2.75, 3.05) is 13.2 Å². The number of nitrogens with one attached hydrogen (secondary N) is 1. The fourth-order valence-electron chi connectivity index (χ4n) is 2.45. The number of hydrogen-bond donors (Lipinski definition) is 1. The summed E-state index contributed by atoms with van der Waals surface area (Å²) in [4.78, 5) is 0. The maximum Gasteiger partial charge on any atom is 0.0797 e. The van der Waals surface area contributed by atoms with Crippen LogP contribution >= 0.6 is 0 Å². The highest BCUT2D eigenvalue weighted by atomic mass is 16.5. The predicted octanol–water partition coefficient (Wildman–Crippen LogP) is 3.30. The van der Waals surface area contributed by atoms with Crippen molar-refractivity contribution in [2.24, 2.45) is 0 Å². The van der Waals surface area contributed by atoms with Crippen molar-refractivity contribution in [3.05, 3.63) is 35.9 Å². The number of rotatable bonds is 6. The van der Waals surface area contributed by atoms with E-state index in [0.717, 1.165) is 19.2 Å². The van der Waals surface area contributed by atoms with Gasteiger partial charge in [-0.25, -0.2) is 0 Å². The molecule has 0 spiro atoms. The van der Waals surface area contributed by atoms with E-state index in [-0.39, 0.29) is 6.10 Å². The summed E-state index contributed by atoms with van der Waals surface area (Å²) >= 11 is 0. The first-order valence-electron chi connectivity index (χ1n) is 6.76. The summed E-state index contributed by atoms with van der Waals surface area (Å²) in [5, 5.41) is 3.56. The SMILES string of the molecule is CC(OCCNC1CCCC1)c1ccccc1. The van der Waals surface area contributed by atoms with E-state index in [2.05, 4.69) is 36.5 Å². The Morgan fingerprint density at radius 1 is 1.24 bits per heavy atom. The highest BCUT2D eigenvalue weighted by molar-refractivity contribution is 5.16. The lowest BCUT2D eigenvalue weighted by atomic mass is 10.1. The number of benzene rings is 1. The molecule has 2 heteroatoms. The van der Waals surface area contributed by atoms with E-state index in [0.29, 0.717) is 0 Å². The average molecular weight is 233 g/mol. The van der Waals surface area contributed by atoms with Gasteiger partial charge in [-0.3, -0.25) is 0 Å². The van der Waals surface area contributed by atoms with Crippen LogP contribution in [0, 0.1) is 0 Å². The second kappa shape index (κ2) is 6.77. The molecule has 1 N–H and O–H groups in total. The standard InChI is InChI=1S/C15H23NO/c1-13(14-7-3-2-4-8-14)17-12-11-16-15-9-5-6-10-15/h2-4,7-8,13,15-16H,5-6,9-12H2,1H3. The molecular weight excluding hydrogens is 210 g/mol. The monoisotopic (exact) mass is 233 g/mol. The molecule has 2 rings (SSSR count). The third kappa shape index (κ3) is 4.14. The minimum atomic E-state index is 0.196. The second-order valence-corrected chi connectivity index (χ2v) is 4.86. The fourth-order valence-corrected chi connectivity index (χ4v) is 2.45. The maximum atomic E-state index is 5.83. The maximum absolute atomic E-state index is 5.83. The van der Waals surface area contributed by atoms with Gasteiger partial charge in [0.05, 0.1) is 12.7 Å². The number of hydrogen-bond acceptors (Lipinski definition) is 2. The quantitative estimate of drug-likeness (QED) is 0.761. The Kier molecular flexibility index (Phi) is 5.02. The van der Waals surface area contributed by atoms with E-state index in [4.69, 9.17) is 4.74 Å². The number of ether oxygens (including phenoxy) is 1. The van der Waals surface area contributed by atoms with Gasteiger partial charge < -0.3 is 10.1 Å². The molecule has 1 aliphatic carbocycles. The van der Waals surface area contributed by atoms with Crippen LogP contribution in [0.4, 0.5) is 0 Å². The zero-order valence-electron chi connectivity index (χ0n) is 10.7. The molecule has 0 saturated heterocycles. The minimum absolute atomic E-state index is 0.196. The third-order valence-corrected chi connectivity index (χ3v) is 3.53. The molecule has 0 heterocycles. The normalized spacial score (nSPS) is 18.4. The van der Waals surface area contributed by atoms with E-state index < -0.39 is 0 Å². The Morgan fingerprint density at radius 2 is 1.94 bits per heavy atom. The highest BCUT2D eigenvalue weighted by Crippen LogP contribution is 2.18. The molecule has 1 aromatic rings. The Bertz CT molecular complexity index is 306. The van der Waals surface area contributed by atoms with Crippen molar-refractivity contribution in [1.29, 1.82) is 0 Å². The Labute approximate surface area is 104 Å². The van der Waals surface area contributed by atoms with Crippen molar-refractivity contribution >= 4 is 0 Å². The molecule has 17 heavy (non-hydrogen) atoms. The van der Waals surface area contributed by atoms with Crippen molar-refractivity contribution in [3.63, 3.8) is 0 Å². The molecule has 0 bridgehead atoms. The van der Waals surface area contributed by atoms with Crippen LogP contribution < -0.4 is 5.32 Å². The lowest BCUT2D eigenvalue weighted by molar-refractivity contribution is 0.0665. The van der Waals surface area contributed by atoms with Gasteiger partial charge in [0.15, 0.2) is 0 Å². The van der Waals surface area contributed by atoms with E-state index in [1.165, 1.54) is 31.2 Å². The third-order valence-electron chi connectivity index (χ3n) is 3.53. The van der Waals surface area contributed by atoms with Gasteiger partial charge in [0.1, 0.15) is 0 Å². The first-order valence-corrected chi connectivity index (χ1v) is 6.76. The zero-order valence-corrected chi connectivity index (χ0v) is 10.7. The van der Waals surface area contributed by atoms with Gasteiger partial charge in [0, 0.05) is 12.6 Å². The molecule has 1 fully saturated rings. The molecule has 94 valence electrons. The zero-order chi connectivity index (χ0) is 11.9. The Morgan fingerprint density at radius 3 is 2.65 bits per heavy atom. The first kappa shape index (κ1) is 12.6. The van der Waals surface area contributed by atoms with Gasteiger partial charge in [-0.15, -0.1) is 0 Å². The van der Waals surface area contributed by atoms with E-state index in [1.54, 1.807) is 0 Å². The lowest BCUT2D eigenvalue weighted by Crippen LogP contribution is -2.29. The van der Waals surface area contributed by atoms with E-state index in [9.17, 15) is 0 Å². The Balaban J connectivity index is 1.61. The van der Waals surface area contributed by atoms with Crippen molar-refractivity contribution in [2.45, 2.75) is 44.8 Å². The molecule has 1 aromatic carbocycles. The summed E-state index contributed by atoms with van der Waals surface area (Å²) in [7, 11) is 0. The van der Waals surface area contributed by atoms with Crippen LogP contribution in [0.1, 0.15) is 44.3 Å². The summed E-state index contributed by atoms with van der Waals surface area (Å²) in [6.07, 6.45) is 5.65. The molecule has 1 aliphatic rings. The van der Waals surface area contributed by atoms with Gasteiger partial charge in [0.2, 0.25) is 0 Å². The van der Waals surface area contributed by atoms with Crippen LogP contribution in [0.25, 0.3) is 0 Å². The molecule has 2 nitrogen and oxygen atoms in total. The average Bonchev–Trinajstić information content (AvgIpc) is 2.88. The second-order valence-electron chi connectivity index (χ2n) is 4.86. The summed E-state index contributed by atoms with van der Waals surface area (Å²) < 4.78 is 5.83. The lowest BCUT2D eigenvalue weighted by Gasteiger charge is -2.15. The molecule has 0 amide bonds. The molecular formula is C15H23NO. The van der Waals surface area contributed by atoms with Crippen molar-refractivity contribution in [3.8, 4) is 0 Å². The topological polar surface area (TPSA) is 21.3 Å². The van der Waals surface area contributed by atoms with Gasteiger partial charge in [-0.2, -0.15) is 0 Å². The minimum Gasteiger partial charge on any atom is -0.373 e. The summed E-state index contributed by atoms with van der Waals surface area (Å²) in [5.74, 6) is 0. The molecule has 1 unspecified atom stereocenters. The molecule has 0 radical (unpaired) electrons. The Hall–Kier alpha value is -0.860. The van der Waals surface area contributed by atoms with Crippen LogP contribution in [0.15, 0.2) is 30.3 Å². The van der Waals surface area contributed by atoms with Crippen LogP contribution in [-0.2, 0) is 4.74 Å². The van der Waals surface area contributed by atoms with Gasteiger partial charge >= 0.3 is 0 Å². The first-order chi connectivity index (χ1) is 8.36. The van der Waals surface area contributed by atoms with Crippen LogP contribution in [0.2, 0.25) is 0 Å². The highest BCUT2D eigenvalue weighted by Gasteiger charge is 2.13. The molecule has 0 aromatic heterocycles. The summed E-state index contributed by atoms with van der Waals surface area (Å²) in [5.41, 5.74) is 1.26. The van der Waals surface area contributed by atoms with Crippen molar-refractivity contribution < 1.29 is 4.74 Å². The smallest absolute Gasteiger partial charge is 0.0797 e. The van der Waals surface area contributed by atoms with Crippen molar-refractivity contribution in [1.82, 2.24) is 5.32 Å². The van der Waals surface area contributed by atoms with Gasteiger partial charge in [0.25, 0.3) is 0 Å². The summed E-state index contributed by atoms with van der Waals surface area (Å²) in [6, 6.07) is 11.1. The molecule has 1 saturated carbocycles. The van der Waals surface area contributed by atoms with Gasteiger partial charge in [-0.1, -0.05) is 43.2 Å².